The first-order chi connectivity index (χ1) is 11.5. The average molecular weight is 355 g/mol. The van der Waals surface area contributed by atoms with Crippen molar-refractivity contribution in [1.29, 1.82) is 0 Å². The predicted octanol–water partition coefficient (Wildman–Crippen LogP) is 3.09. The molecule has 0 amide bonds. The maximum atomic E-state index is 13.8. The summed E-state index contributed by atoms with van der Waals surface area (Å²) in [6.45, 7) is 1.60. The largest absolute Gasteiger partial charge is 0.462 e. The normalized spacial score (nSPS) is 11.0. The lowest BCUT2D eigenvalue weighted by Crippen LogP contribution is -2.21. The van der Waals surface area contributed by atoms with Gasteiger partial charge in [0.15, 0.2) is 17.5 Å². The van der Waals surface area contributed by atoms with Gasteiger partial charge in [-0.15, -0.1) is 0 Å². The van der Waals surface area contributed by atoms with Gasteiger partial charge in [-0.05, 0) is 6.92 Å². The number of rotatable bonds is 3. The summed E-state index contributed by atoms with van der Waals surface area (Å²) < 4.78 is 38.2. The van der Waals surface area contributed by atoms with E-state index in [0.717, 1.165) is 12.3 Å². The lowest BCUT2D eigenvalue weighted by molar-refractivity contribution is 0.0524. The zero-order valence-corrected chi connectivity index (χ0v) is 12.9. The van der Waals surface area contributed by atoms with Crippen molar-refractivity contribution < 1.29 is 22.8 Å². The molecule has 2 heterocycles. The van der Waals surface area contributed by atoms with Gasteiger partial charge >= 0.3 is 5.97 Å². The van der Waals surface area contributed by atoms with Gasteiger partial charge in [0, 0.05) is 18.3 Å². The van der Waals surface area contributed by atoms with Crippen molar-refractivity contribution in [1.82, 2.24) is 9.72 Å². The van der Waals surface area contributed by atoms with Crippen LogP contribution in [0.15, 0.2) is 33.9 Å². The first-order valence-electron chi connectivity index (χ1n) is 6.76. The summed E-state index contributed by atoms with van der Waals surface area (Å²) in [5.41, 5.74) is -1.32. The molecular formula is C15H9ClF2N2O4. The molecule has 0 bridgehead atoms. The Morgan fingerprint density at radius 1 is 1.46 bits per heavy atom. The zero-order chi connectivity index (χ0) is 17.4. The van der Waals surface area contributed by atoms with Crippen LogP contribution in [0.1, 0.15) is 17.3 Å². The molecule has 24 heavy (non-hydrogen) atoms. The Labute approximate surface area is 138 Å². The average Bonchev–Trinajstić information content (AvgIpc) is 3.07. The first-order valence-corrected chi connectivity index (χ1v) is 7.14. The predicted molar refractivity (Wildman–Crippen MR) is 80.5 cm³/mol. The second kappa shape index (κ2) is 6.04. The summed E-state index contributed by atoms with van der Waals surface area (Å²) in [5.74, 6) is -3.39. The van der Waals surface area contributed by atoms with Gasteiger partial charge in [0.1, 0.15) is 11.8 Å². The Bertz CT molecular complexity index is 999. The Morgan fingerprint density at radius 2 is 2.21 bits per heavy atom. The number of nitrogens with zero attached hydrogens (tertiary/aromatic N) is 2. The number of pyridine rings is 1. The molecule has 0 aliphatic carbocycles. The Hall–Kier alpha value is -2.74. The molecule has 0 N–H and O–H groups in total. The van der Waals surface area contributed by atoms with Crippen LogP contribution in [-0.2, 0) is 4.74 Å². The number of benzene rings is 1. The van der Waals surface area contributed by atoms with Crippen LogP contribution in [0.2, 0.25) is 5.02 Å². The van der Waals surface area contributed by atoms with E-state index >= 15 is 0 Å². The van der Waals surface area contributed by atoms with Crippen LogP contribution >= 0.6 is 11.6 Å². The molecule has 0 aliphatic heterocycles. The van der Waals surface area contributed by atoms with E-state index in [-0.39, 0.29) is 28.9 Å². The molecule has 0 saturated heterocycles. The molecule has 6 nitrogen and oxygen atoms in total. The minimum Gasteiger partial charge on any atom is -0.462 e. The van der Waals surface area contributed by atoms with Crippen molar-refractivity contribution in [2.24, 2.45) is 0 Å². The molecule has 1 aromatic carbocycles. The molecule has 0 aliphatic rings. The highest BCUT2D eigenvalue weighted by atomic mass is 35.5. The third-order valence-corrected chi connectivity index (χ3v) is 3.65. The van der Waals surface area contributed by atoms with Gasteiger partial charge in [0.2, 0.25) is 5.43 Å². The third kappa shape index (κ3) is 2.44. The minimum atomic E-state index is -1.38. The second-order valence-corrected chi connectivity index (χ2v) is 5.08. The molecule has 0 unspecified atom stereocenters. The molecule has 9 heteroatoms. The number of carbonyl (C=O) groups excluding carboxylic acids is 1. The van der Waals surface area contributed by atoms with E-state index in [1.54, 1.807) is 6.92 Å². The van der Waals surface area contributed by atoms with E-state index in [0.29, 0.717) is 0 Å². The molecule has 0 spiro atoms. The maximum Gasteiger partial charge on any atom is 0.343 e. The summed E-state index contributed by atoms with van der Waals surface area (Å²) >= 11 is 5.80. The number of fused-ring (bicyclic) bond motifs is 1. The van der Waals surface area contributed by atoms with Gasteiger partial charge < -0.3 is 9.26 Å². The molecule has 0 atom stereocenters. The molecule has 2 aromatic heterocycles. The number of ether oxygens (including phenoxy) is 1. The van der Waals surface area contributed by atoms with Gasteiger partial charge in [0.25, 0.3) is 0 Å². The van der Waals surface area contributed by atoms with Crippen molar-refractivity contribution >= 4 is 28.5 Å². The SMILES string of the molecule is CCOC(=O)c1cn(-c2ccon2)c2cc(F)c(F)c(Cl)c2c1=O. The van der Waals surface area contributed by atoms with Crippen LogP contribution in [0.25, 0.3) is 16.7 Å². The lowest BCUT2D eigenvalue weighted by atomic mass is 10.1. The highest BCUT2D eigenvalue weighted by molar-refractivity contribution is 6.35. The Morgan fingerprint density at radius 3 is 2.83 bits per heavy atom. The lowest BCUT2D eigenvalue weighted by Gasteiger charge is -2.12. The Kier molecular flexibility index (Phi) is 4.06. The molecule has 124 valence electrons. The monoisotopic (exact) mass is 354 g/mol. The van der Waals surface area contributed by atoms with Crippen molar-refractivity contribution in [3.63, 3.8) is 0 Å². The molecular weight excluding hydrogens is 346 g/mol. The summed E-state index contributed by atoms with van der Waals surface area (Å²) in [7, 11) is 0. The fraction of sp³-hybridized carbons (Fsp3) is 0.133. The summed E-state index contributed by atoms with van der Waals surface area (Å²) in [6.07, 6.45) is 2.36. The molecule has 0 fully saturated rings. The molecule has 3 rings (SSSR count). The fourth-order valence-corrected chi connectivity index (χ4v) is 2.53. The van der Waals surface area contributed by atoms with Gasteiger partial charge in [0.05, 0.1) is 22.5 Å². The van der Waals surface area contributed by atoms with Gasteiger partial charge in [-0.1, -0.05) is 16.8 Å². The van der Waals surface area contributed by atoms with Crippen LogP contribution in [0.4, 0.5) is 8.78 Å². The van der Waals surface area contributed by atoms with E-state index in [2.05, 4.69) is 5.16 Å². The molecule has 0 radical (unpaired) electrons. The van der Waals surface area contributed by atoms with E-state index in [1.807, 2.05) is 0 Å². The number of aromatic nitrogens is 2. The molecule has 3 aromatic rings. The second-order valence-electron chi connectivity index (χ2n) is 4.70. The van der Waals surface area contributed by atoms with Crippen molar-refractivity contribution in [3.05, 3.63) is 57.0 Å². The summed E-state index contributed by atoms with van der Waals surface area (Å²) in [5, 5.41) is 2.59. The summed E-state index contributed by atoms with van der Waals surface area (Å²) in [4.78, 5) is 24.5. The number of hydrogen-bond acceptors (Lipinski definition) is 5. The maximum absolute atomic E-state index is 13.8. The first kappa shape index (κ1) is 16.1. The van der Waals surface area contributed by atoms with Crippen molar-refractivity contribution in [2.45, 2.75) is 6.92 Å². The minimum absolute atomic E-state index is 0.0335. The van der Waals surface area contributed by atoms with Crippen LogP contribution in [0.3, 0.4) is 0 Å². The van der Waals surface area contributed by atoms with E-state index in [1.165, 1.54) is 16.9 Å². The number of hydrogen-bond donors (Lipinski definition) is 0. The fourth-order valence-electron chi connectivity index (χ4n) is 2.25. The topological polar surface area (TPSA) is 74.3 Å². The highest BCUT2D eigenvalue weighted by Crippen LogP contribution is 2.28. The Balaban J connectivity index is 2.47. The van der Waals surface area contributed by atoms with E-state index in [9.17, 15) is 18.4 Å². The number of carbonyl (C=O) groups is 1. The zero-order valence-electron chi connectivity index (χ0n) is 12.2. The highest BCUT2D eigenvalue weighted by Gasteiger charge is 2.23. The quantitative estimate of drug-likeness (QED) is 0.533. The van der Waals surface area contributed by atoms with E-state index in [4.69, 9.17) is 20.9 Å². The van der Waals surface area contributed by atoms with Crippen LogP contribution in [0.5, 0.6) is 0 Å². The smallest absolute Gasteiger partial charge is 0.343 e. The van der Waals surface area contributed by atoms with Crippen molar-refractivity contribution in [3.8, 4) is 5.82 Å². The van der Waals surface area contributed by atoms with Gasteiger partial charge in [-0.25, -0.2) is 13.6 Å². The van der Waals surface area contributed by atoms with Crippen LogP contribution < -0.4 is 5.43 Å². The summed E-state index contributed by atoms with van der Waals surface area (Å²) in [6, 6.07) is 2.20. The third-order valence-electron chi connectivity index (χ3n) is 3.30. The standard InChI is InChI=1S/C15H9ClF2N2O4/c1-2-23-15(22)7-6-20(10-3-4-24-19-10)9-5-8(17)13(18)12(16)11(9)14(7)21/h3-6H,2H2,1H3. The van der Waals surface area contributed by atoms with Crippen LogP contribution in [0, 0.1) is 11.6 Å². The van der Waals surface area contributed by atoms with E-state index < -0.39 is 28.1 Å². The van der Waals surface area contributed by atoms with Gasteiger partial charge in [-0.2, -0.15) is 0 Å². The van der Waals surface area contributed by atoms with Crippen LogP contribution in [-0.4, -0.2) is 22.3 Å². The molecule has 0 saturated carbocycles. The number of esters is 1. The number of halogens is 3. The van der Waals surface area contributed by atoms with Crippen molar-refractivity contribution in [2.75, 3.05) is 6.61 Å². The van der Waals surface area contributed by atoms with Gasteiger partial charge in [-0.3, -0.25) is 9.36 Å².